The molecule has 0 unspecified atom stereocenters. The molecule has 0 aliphatic carbocycles. The number of halogens is 1. The van der Waals surface area contributed by atoms with Crippen LogP contribution in [0.15, 0.2) is 66.9 Å². The number of benzene rings is 2. The van der Waals surface area contributed by atoms with Crippen LogP contribution in [0.2, 0.25) is 0 Å². The SMILES string of the molecule is Cc1ccc(CNC(=O)c2ccnc(C(=O)NCc3ccc(F)cc3)c2)cc1. The molecule has 1 heterocycles. The number of amides is 2. The Balaban J connectivity index is 1.58. The van der Waals surface area contributed by atoms with Crippen molar-refractivity contribution in [2.75, 3.05) is 0 Å². The van der Waals surface area contributed by atoms with Gasteiger partial charge in [-0.25, -0.2) is 4.39 Å². The Morgan fingerprint density at radius 2 is 1.43 bits per heavy atom. The summed E-state index contributed by atoms with van der Waals surface area (Å²) in [5, 5.41) is 5.54. The van der Waals surface area contributed by atoms with Gasteiger partial charge in [-0.1, -0.05) is 42.0 Å². The fourth-order valence-corrected chi connectivity index (χ4v) is 2.56. The Labute approximate surface area is 162 Å². The van der Waals surface area contributed by atoms with Gasteiger partial charge in [0.2, 0.25) is 0 Å². The maximum Gasteiger partial charge on any atom is 0.270 e. The molecule has 0 atom stereocenters. The van der Waals surface area contributed by atoms with E-state index in [1.54, 1.807) is 18.2 Å². The zero-order valence-electron chi connectivity index (χ0n) is 15.4. The normalized spacial score (nSPS) is 10.4. The summed E-state index contributed by atoms with van der Waals surface area (Å²) in [4.78, 5) is 28.7. The molecule has 2 aromatic carbocycles. The highest BCUT2D eigenvalue weighted by atomic mass is 19.1. The molecular formula is C22H20FN3O2. The highest BCUT2D eigenvalue weighted by molar-refractivity contribution is 5.98. The van der Waals surface area contributed by atoms with Crippen LogP contribution in [0.5, 0.6) is 0 Å². The Morgan fingerprint density at radius 3 is 2.07 bits per heavy atom. The van der Waals surface area contributed by atoms with Crippen molar-refractivity contribution in [2.45, 2.75) is 20.0 Å². The molecule has 0 spiro atoms. The molecule has 0 saturated carbocycles. The first-order valence-electron chi connectivity index (χ1n) is 8.84. The monoisotopic (exact) mass is 377 g/mol. The second-order valence-corrected chi connectivity index (χ2v) is 6.41. The van der Waals surface area contributed by atoms with Crippen molar-refractivity contribution >= 4 is 11.8 Å². The van der Waals surface area contributed by atoms with Gasteiger partial charge in [-0.3, -0.25) is 14.6 Å². The molecule has 0 radical (unpaired) electrons. The smallest absolute Gasteiger partial charge is 0.270 e. The van der Waals surface area contributed by atoms with Crippen LogP contribution in [0.3, 0.4) is 0 Å². The lowest BCUT2D eigenvalue weighted by atomic mass is 10.1. The third-order valence-corrected chi connectivity index (χ3v) is 4.19. The number of aryl methyl sites for hydroxylation is 1. The third-order valence-electron chi connectivity index (χ3n) is 4.19. The van der Waals surface area contributed by atoms with E-state index in [2.05, 4.69) is 15.6 Å². The van der Waals surface area contributed by atoms with Gasteiger partial charge >= 0.3 is 0 Å². The molecule has 0 aliphatic heterocycles. The fourth-order valence-electron chi connectivity index (χ4n) is 2.56. The van der Waals surface area contributed by atoms with E-state index in [1.807, 2.05) is 31.2 Å². The third kappa shape index (κ3) is 5.23. The number of nitrogens with one attached hydrogen (secondary N) is 2. The van der Waals surface area contributed by atoms with Gasteiger partial charge in [0.25, 0.3) is 11.8 Å². The Bertz CT molecular complexity index is 893. The number of hydrogen-bond acceptors (Lipinski definition) is 3. The number of carbonyl (C=O) groups is 2. The molecule has 0 aliphatic rings. The van der Waals surface area contributed by atoms with Crippen molar-refractivity contribution in [1.82, 2.24) is 15.6 Å². The number of carbonyl (C=O) groups excluding carboxylic acids is 2. The molecule has 0 saturated heterocycles. The van der Waals surface area contributed by atoms with Crippen LogP contribution in [0.25, 0.3) is 0 Å². The van der Waals surface area contributed by atoms with E-state index in [1.165, 1.54) is 24.4 Å². The second kappa shape index (κ2) is 8.90. The Kier molecular flexibility index (Phi) is 6.11. The average molecular weight is 377 g/mol. The van der Waals surface area contributed by atoms with Crippen molar-refractivity contribution in [3.05, 3.63) is 101 Å². The molecular weight excluding hydrogens is 357 g/mol. The van der Waals surface area contributed by atoms with E-state index >= 15 is 0 Å². The fraction of sp³-hybridized carbons (Fsp3) is 0.136. The summed E-state index contributed by atoms with van der Waals surface area (Å²) in [6, 6.07) is 16.7. The van der Waals surface area contributed by atoms with Gasteiger partial charge in [-0.05, 0) is 42.3 Å². The molecule has 3 rings (SSSR count). The predicted octanol–water partition coefficient (Wildman–Crippen LogP) is 3.39. The van der Waals surface area contributed by atoms with Gasteiger partial charge in [-0.2, -0.15) is 0 Å². The van der Waals surface area contributed by atoms with Crippen LogP contribution in [-0.2, 0) is 13.1 Å². The van der Waals surface area contributed by atoms with Gasteiger partial charge in [0.15, 0.2) is 0 Å². The maximum absolute atomic E-state index is 12.9. The molecule has 3 aromatic rings. The topological polar surface area (TPSA) is 71.1 Å². The molecule has 28 heavy (non-hydrogen) atoms. The van der Waals surface area contributed by atoms with Crippen molar-refractivity contribution < 1.29 is 14.0 Å². The van der Waals surface area contributed by atoms with Gasteiger partial charge in [0.1, 0.15) is 11.5 Å². The van der Waals surface area contributed by atoms with Crippen LogP contribution in [-0.4, -0.2) is 16.8 Å². The van der Waals surface area contributed by atoms with Gasteiger partial charge in [-0.15, -0.1) is 0 Å². The Hall–Kier alpha value is -3.54. The largest absolute Gasteiger partial charge is 0.348 e. The number of nitrogens with zero attached hydrogens (tertiary/aromatic N) is 1. The first kappa shape index (κ1) is 19.2. The molecule has 2 amide bonds. The van der Waals surface area contributed by atoms with Gasteiger partial charge in [0, 0.05) is 24.8 Å². The van der Waals surface area contributed by atoms with E-state index in [4.69, 9.17) is 0 Å². The van der Waals surface area contributed by atoms with Crippen LogP contribution in [0.4, 0.5) is 4.39 Å². The summed E-state index contributed by atoms with van der Waals surface area (Å²) < 4.78 is 12.9. The standard InChI is InChI=1S/C22H20FN3O2/c1-15-2-4-16(5-3-15)13-25-21(27)18-10-11-24-20(12-18)22(28)26-14-17-6-8-19(23)9-7-17/h2-12H,13-14H2,1H3,(H,25,27)(H,26,28). The minimum absolute atomic E-state index is 0.144. The first-order valence-corrected chi connectivity index (χ1v) is 8.84. The summed E-state index contributed by atoms with van der Waals surface area (Å²) >= 11 is 0. The summed E-state index contributed by atoms with van der Waals surface area (Å²) in [6.45, 7) is 2.64. The minimum Gasteiger partial charge on any atom is -0.348 e. The van der Waals surface area contributed by atoms with E-state index in [-0.39, 0.29) is 24.0 Å². The van der Waals surface area contributed by atoms with Crippen molar-refractivity contribution in [2.24, 2.45) is 0 Å². The number of aromatic nitrogens is 1. The molecule has 2 N–H and O–H groups in total. The Morgan fingerprint density at radius 1 is 0.857 bits per heavy atom. The van der Waals surface area contributed by atoms with Crippen molar-refractivity contribution in [1.29, 1.82) is 0 Å². The van der Waals surface area contributed by atoms with E-state index in [9.17, 15) is 14.0 Å². The van der Waals surface area contributed by atoms with Crippen LogP contribution in [0.1, 0.15) is 37.5 Å². The first-order chi connectivity index (χ1) is 13.5. The summed E-state index contributed by atoms with van der Waals surface area (Å²) in [7, 11) is 0. The van der Waals surface area contributed by atoms with Crippen LogP contribution >= 0.6 is 0 Å². The lowest BCUT2D eigenvalue weighted by Gasteiger charge is -2.08. The number of hydrogen-bond donors (Lipinski definition) is 2. The number of pyridine rings is 1. The molecule has 1 aromatic heterocycles. The van der Waals surface area contributed by atoms with Crippen molar-refractivity contribution in [3.8, 4) is 0 Å². The molecule has 0 bridgehead atoms. The van der Waals surface area contributed by atoms with Gasteiger partial charge in [0.05, 0.1) is 0 Å². The minimum atomic E-state index is -0.405. The van der Waals surface area contributed by atoms with Crippen LogP contribution < -0.4 is 10.6 Å². The molecule has 0 fully saturated rings. The summed E-state index contributed by atoms with van der Waals surface area (Å²) in [5.74, 6) is -1.02. The lowest BCUT2D eigenvalue weighted by Crippen LogP contribution is -2.26. The highest BCUT2D eigenvalue weighted by Gasteiger charge is 2.12. The predicted molar refractivity (Wildman–Crippen MR) is 104 cm³/mol. The maximum atomic E-state index is 12.9. The molecule has 6 heteroatoms. The zero-order chi connectivity index (χ0) is 19.9. The summed E-state index contributed by atoms with van der Waals surface area (Å²) in [5.41, 5.74) is 3.41. The van der Waals surface area contributed by atoms with E-state index in [0.29, 0.717) is 12.1 Å². The zero-order valence-corrected chi connectivity index (χ0v) is 15.4. The quantitative estimate of drug-likeness (QED) is 0.692. The van der Waals surface area contributed by atoms with E-state index < -0.39 is 5.91 Å². The average Bonchev–Trinajstić information content (AvgIpc) is 2.72. The van der Waals surface area contributed by atoms with Gasteiger partial charge < -0.3 is 10.6 Å². The molecule has 142 valence electrons. The number of rotatable bonds is 6. The molecule has 5 nitrogen and oxygen atoms in total. The van der Waals surface area contributed by atoms with Crippen molar-refractivity contribution in [3.63, 3.8) is 0 Å². The highest BCUT2D eigenvalue weighted by Crippen LogP contribution is 2.06. The lowest BCUT2D eigenvalue weighted by molar-refractivity contribution is 0.0946. The van der Waals surface area contributed by atoms with Crippen LogP contribution in [0, 0.1) is 12.7 Å². The summed E-state index contributed by atoms with van der Waals surface area (Å²) in [6.07, 6.45) is 1.42. The second-order valence-electron chi connectivity index (χ2n) is 6.41. The van der Waals surface area contributed by atoms with E-state index in [0.717, 1.165) is 16.7 Å².